The van der Waals surface area contributed by atoms with Crippen LogP contribution in [0.3, 0.4) is 0 Å². The third kappa shape index (κ3) is 5.75. The molecule has 0 aliphatic heterocycles. The lowest BCUT2D eigenvalue weighted by Crippen LogP contribution is -2.16. The van der Waals surface area contributed by atoms with Gasteiger partial charge < -0.3 is 4.74 Å². The molecule has 2 aliphatic carbocycles. The Balaban J connectivity index is 1.60. The van der Waals surface area contributed by atoms with E-state index in [2.05, 4.69) is 123 Å². The van der Waals surface area contributed by atoms with Crippen LogP contribution in [0.5, 0.6) is 5.75 Å². The second-order valence-corrected chi connectivity index (χ2v) is 23.1. The molecule has 1 heterocycles. The number of nitrogens with zero attached hydrogens (tertiary/aromatic N) is 1. The average Bonchev–Trinajstić information content (AvgIpc) is 2.97. The summed E-state index contributed by atoms with van der Waals surface area (Å²) in [6, 6.07) is 22.1. The molecule has 0 bridgehead atoms. The number of aryl methyl sites for hydroxylation is 2. The number of ether oxygens (including phenoxy) is 1. The Morgan fingerprint density at radius 1 is 0.619 bits per heavy atom. The van der Waals surface area contributed by atoms with Gasteiger partial charge in [-0.3, -0.25) is 0 Å². The lowest BCUT2D eigenvalue weighted by molar-refractivity contribution is 0.415. The van der Waals surface area contributed by atoms with E-state index < -0.39 is 16.1 Å². The molecule has 4 heteroatoms. The van der Waals surface area contributed by atoms with Crippen LogP contribution in [0.25, 0.3) is 33.6 Å². The zero-order valence-electron chi connectivity index (χ0n) is 26.0. The molecule has 0 saturated heterocycles. The van der Waals surface area contributed by atoms with E-state index in [9.17, 15) is 0 Å². The van der Waals surface area contributed by atoms with Crippen LogP contribution in [0.15, 0.2) is 60.7 Å². The van der Waals surface area contributed by atoms with Crippen molar-refractivity contribution < 1.29 is 4.74 Å². The van der Waals surface area contributed by atoms with Gasteiger partial charge in [-0.25, -0.2) is 4.98 Å². The van der Waals surface area contributed by atoms with Crippen molar-refractivity contribution in [1.82, 2.24) is 4.98 Å². The zero-order valence-corrected chi connectivity index (χ0v) is 28.0. The van der Waals surface area contributed by atoms with Gasteiger partial charge in [0.05, 0.1) is 18.5 Å². The Morgan fingerprint density at radius 3 is 1.52 bits per heavy atom. The summed E-state index contributed by atoms with van der Waals surface area (Å²) in [4.78, 5) is 5.55. The monoisotopic (exact) mass is 581 g/mol. The fourth-order valence-corrected chi connectivity index (χ4v) is 6.97. The predicted molar refractivity (Wildman–Crippen MR) is 182 cm³/mol. The van der Waals surface area contributed by atoms with E-state index in [-0.39, 0.29) is 0 Å². The zero-order chi connectivity index (χ0) is 29.6. The highest BCUT2D eigenvalue weighted by Crippen LogP contribution is 2.46. The van der Waals surface area contributed by atoms with Gasteiger partial charge in [-0.1, -0.05) is 75.4 Å². The Kier molecular flexibility index (Phi) is 7.26. The van der Waals surface area contributed by atoms with E-state index in [4.69, 9.17) is 9.72 Å². The molecule has 0 spiro atoms. The topological polar surface area (TPSA) is 22.1 Å². The third-order valence-corrected chi connectivity index (χ3v) is 9.71. The lowest BCUT2D eigenvalue weighted by atomic mass is 9.78. The van der Waals surface area contributed by atoms with Gasteiger partial charge in [0.1, 0.15) is 21.9 Å². The largest absolute Gasteiger partial charge is 0.497 e. The summed E-state index contributed by atoms with van der Waals surface area (Å²) in [6.45, 7) is 13.8. The summed E-state index contributed by atoms with van der Waals surface area (Å²) in [5.74, 6) is 7.87. The fraction of sp³-hybridized carbons (Fsp3) is 0.289. The van der Waals surface area contributed by atoms with Crippen LogP contribution in [-0.4, -0.2) is 28.2 Å². The Labute approximate surface area is 253 Å². The Hall–Kier alpha value is -3.84. The molecular weight excluding hydrogens is 543 g/mol. The minimum Gasteiger partial charge on any atom is -0.497 e. The molecule has 2 aliphatic rings. The van der Waals surface area contributed by atoms with Crippen molar-refractivity contribution in [3.8, 4) is 62.3 Å². The Morgan fingerprint density at radius 2 is 1.10 bits per heavy atom. The van der Waals surface area contributed by atoms with Gasteiger partial charge in [-0.15, -0.1) is 11.1 Å². The van der Waals surface area contributed by atoms with E-state index in [1.165, 1.54) is 44.5 Å². The molecular formula is C38H39NOSi2. The molecule has 42 heavy (non-hydrogen) atoms. The molecule has 0 fully saturated rings. The van der Waals surface area contributed by atoms with Crippen molar-refractivity contribution in [2.75, 3.05) is 7.11 Å². The SMILES string of the molecule is COc1ccc(-c2c3c(nc4c2CCc2ccc(C#C[Si](C)(C)C)cc2-4)-c2cc(C#C[Si](C)(C)C)ccc2CC3)cc1. The predicted octanol–water partition coefficient (Wildman–Crippen LogP) is 8.75. The number of aromatic nitrogens is 1. The number of benzene rings is 3. The molecule has 0 atom stereocenters. The Bertz CT molecular complexity index is 1720. The van der Waals surface area contributed by atoms with E-state index in [0.29, 0.717) is 0 Å². The van der Waals surface area contributed by atoms with Crippen molar-refractivity contribution in [2.45, 2.75) is 65.0 Å². The summed E-state index contributed by atoms with van der Waals surface area (Å²) >= 11 is 0. The molecule has 0 radical (unpaired) electrons. The van der Waals surface area contributed by atoms with Crippen molar-refractivity contribution >= 4 is 16.1 Å². The molecule has 0 unspecified atom stereocenters. The van der Waals surface area contributed by atoms with Gasteiger partial charge in [0, 0.05) is 22.3 Å². The van der Waals surface area contributed by atoms with Crippen molar-refractivity contribution in [3.05, 3.63) is 94.0 Å². The van der Waals surface area contributed by atoms with Crippen LogP contribution in [0.4, 0.5) is 0 Å². The summed E-state index contributed by atoms with van der Waals surface area (Å²) in [5.41, 5.74) is 22.0. The van der Waals surface area contributed by atoms with Gasteiger partial charge in [0.15, 0.2) is 0 Å². The standard InChI is InChI=1S/C38H39NOSi2/c1-40-31-16-12-30(13-17-31)36-32-18-14-28-10-8-26(20-22-41(2,3)4)24-34(28)37(32)39-38-33(36)19-15-29-11-9-27(25-35(29)38)21-23-42(5,6)7/h8-13,16-17,24-25H,14-15,18-19H2,1-7H3. The first kappa shape index (κ1) is 28.3. The van der Waals surface area contributed by atoms with E-state index >= 15 is 0 Å². The minimum atomic E-state index is -1.49. The van der Waals surface area contributed by atoms with Gasteiger partial charge >= 0.3 is 0 Å². The third-order valence-electron chi connectivity index (χ3n) is 7.96. The van der Waals surface area contributed by atoms with E-state index in [0.717, 1.165) is 53.9 Å². The highest BCUT2D eigenvalue weighted by Gasteiger charge is 2.29. The highest BCUT2D eigenvalue weighted by atomic mass is 28.3. The first-order valence-electron chi connectivity index (χ1n) is 15.0. The van der Waals surface area contributed by atoms with Gasteiger partial charge in [0.25, 0.3) is 0 Å². The van der Waals surface area contributed by atoms with Crippen LogP contribution in [0.2, 0.25) is 39.3 Å². The van der Waals surface area contributed by atoms with Gasteiger partial charge in [-0.05, 0) is 95.5 Å². The second-order valence-electron chi connectivity index (χ2n) is 13.6. The van der Waals surface area contributed by atoms with Gasteiger partial charge in [-0.2, -0.15) is 0 Å². The maximum atomic E-state index is 5.55. The number of fused-ring (bicyclic) bond motifs is 6. The normalized spacial score (nSPS) is 13.3. The summed E-state index contributed by atoms with van der Waals surface area (Å²) in [6.07, 6.45) is 4.00. The number of methoxy groups -OCH3 is 1. The number of hydrogen-bond donors (Lipinski definition) is 0. The van der Waals surface area contributed by atoms with E-state index in [1.807, 2.05) is 0 Å². The van der Waals surface area contributed by atoms with Crippen LogP contribution in [-0.2, 0) is 25.7 Å². The van der Waals surface area contributed by atoms with E-state index in [1.54, 1.807) is 7.11 Å². The molecule has 210 valence electrons. The molecule has 2 nitrogen and oxygen atoms in total. The summed E-state index contributed by atoms with van der Waals surface area (Å²) < 4.78 is 5.51. The molecule has 0 N–H and O–H groups in total. The highest BCUT2D eigenvalue weighted by molar-refractivity contribution is 6.84. The number of pyridine rings is 1. The van der Waals surface area contributed by atoms with Crippen LogP contribution in [0, 0.1) is 22.9 Å². The maximum absolute atomic E-state index is 5.55. The molecule has 0 saturated carbocycles. The van der Waals surface area contributed by atoms with Crippen LogP contribution in [0.1, 0.15) is 33.4 Å². The molecule has 3 aromatic carbocycles. The quantitative estimate of drug-likeness (QED) is 0.174. The summed E-state index contributed by atoms with van der Waals surface area (Å²) in [5, 5.41) is 0. The fourth-order valence-electron chi connectivity index (χ4n) is 5.93. The maximum Gasteiger partial charge on any atom is 0.129 e. The first-order valence-corrected chi connectivity index (χ1v) is 22.0. The first-order chi connectivity index (χ1) is 20.0. The van der Waals surface area contributed by atoms with Crippen LogP contribution >= 0.6 is 0 Å². The van der Waals surface area contributed by atoms with Crippen LogP contribution < -0.4 is 4.74 Å². The molecule has 4 aromatic rings. The minimum absolute atomic E-state index is 0.877. The molecule has 1 aromatic heterocycles. The number of hydrogen-bond acceptors (Lipinski definition) is 2. The van der Waals surface area contributed by atoms with Gasteiger partial charge in [0.2, 0.25) is 0 Å². The molecule has 0 amide bonds. The average molecular weight is 582 g/mol. The molecule has 6 rings (SSSR count). The van der Waals surface area contributed by atoms with Crippen molar-refractivity contribution in [2.24, 2.45) is 0 Å². The lowest BCUT2D eigenvalue weighted by Gasteiger charge is -2.29. The van der Waals surface area contributed by atoms with Crippen molar-refractivity contribution in [1.29, 1.82) is 0 Å². The smallest absolute Gasteiger partial charge is 0.129 e. The number of rotatable bonds is 2. The second kappa shape index (κ2) is 10.8. The summed E-state index contributed by atoms with van der Waals surface area (Å²) in [7, 11) is -1.25. The van der Waals surface area contributed by atoms with Crippen molar-refractivity contribution in [3.63, 3.8) is 0 Å².